The first-order valence-electron chi connectivity index (χ1n) is 14.7. The van der Waals surface area contributed by atoms with E-state index in [1.807, 2.05) is 39.8 Å². The van der Waals surface area contributed by atoms with Gasteiger partial charge in [-0.15, -0.1) is 0 Å². The molecule has 1 aliphatic carbocycles. The van der Waals surface area contributed by atoms with Gasteiger partial charge in [-0.05, 0) is 33.8 Å². The lowest BCUT2D eigenvalue weighted by molar-refractivity contribution is -0.119. The molecule has 3 atom stereocenters. The summed E-state index contributed by atoms with van der Waals surface area (Å²) in [6, 6.07) is 1.69. The SMILES string of the molecule is C[C@@H](c1cnc(N2C[C@H]3C=C[C@H]3C2=O)nc1)n1cc(NC(=O)c2nc(-c3c(C(F)F)ccc(Cl)c3F)cnc2COC(C)(C)C)cn1. The first kappa shape index (κ1) is 32.3. The average Bonchev–Trinajstić information content (AvgIpc) is 3.57. The van der Waals surface area contributed by atoms with Crippen LogP contribution < -0.4 is 10.2 Å². The average molecular weight is 667 g/mol. The molecule has 4 heterocycles. The minimum absolute atomic E-state index is 0.0127. The topological polar surface area (TPSA) is 128 Å². The van der Waals surface area contributed by atoms with E-state index in [-0.39, 0.29) is 52.5 Å². The molecular formula is C32H30ClF3N8O3. The van der Waals surface area contributed by atoms with Gasteiger partial charge in [-0.2, -0.15) is 5.10 Å². The summed E-state index contributed by atoms with van der Waals surface area (Å²) >= 11 is 5.91. The predicted octanol–water partition coefficient (Wildman–Crippen LogP) is 6.19. The summed E-state index contributed by atoms with van der Waals surface area (Å²) in [4.78, 5) is 45.0. The summed E-state index contributed by atoms with van der Waals surface area (Å²) < 4.78 is 50.1. The highest BCUT2D eigenvalue weighted by Crippen LogP contribution is 2.37. The molecule has 4 aromatic rings. The van der Waals surface area contributed by atoms with Crippen LogP contribution in [0.3, 0.4) is 0 Å². The molecule has 1 aliphatic heterocycles. The highest BCUT2D eigenvalue weighted by molar-refractivity contribution is 6.31. The van der Waals surface area contributed by atoms with Crippen LogP contribution in [0.1, 0.15) is 67.5 Å². The number of anilines is 2. The number of benzene rings is 1. The van der Waals surface area contributed by atoms with Crippen molar-refractivity contribution in [2.75, 3.05) is 16.8 Å². The molecule has 6 rings (SSSR count). The normalized spacial score (nSPS) is 18.0. The van der Waals surface area contributed by atoms with Crippen LogP contribution in [0, 0.1) is 17.7 Å². The molecule has 3 aromatic heterocycles. The van der Waals surface area contributed by atoms with Crippen molar-refractivity contribution in [1.29, 1.82) is 0 Å². The second kappa shape index (κ2) is 12.5. The van der Waals surface area contributed by atoms with Gasteiger partial charge in [-0.25, -0.2) is 28.1 Å². The molecular weight excluding hydrogens is 637 g/mol. The van der Waals surface area contributed by atoms with Crippen LogP contribution in [-0.2, 0) is 16.1 Å². The van der Waals surface area contributed by atoms with Gasteiger partial charge in [0.1, 0.15) is 0 Å². The number of halogens is 4. The van der Waals surface area contributed by atoms with Crippen molar-refractivity contribution in [3.05, 3.63) is 88.6 Å². The van der Waals surface area contributed by atoms with E-state index in [0.29, 0.717) is 23.7 Å². The van der Waals surface area contributed by atoms with E-state index in [9.17, 15) is 18.4 Å². The van der Waals surface area contributed by atoms with E-state index in [1.165, 1.54) is 6.20 Å². The zero-order valence-corrected chi connectivity index (χ0v) is 26.5. The molecule has 2 amide bonds. The summed E-state index contributed by atoms with van der Waals surface area (Å²) in [6.07, 6.45) is 8.22. The van der Waals surface area contributed by atoms with Crippen molar-refractivity contribution in [3.63, 3.8) is 0 Å². The highest BCUT2D eigenvalue weighted by atomic mass is 35.5. The monoisotopic (exact) mass is 666 g/mol. The number of ether oxygens (including phenoxy) is 1. The molecule has 1 saturated heterocycles. The van der Waals surface area contributed by atoms with Gasteiger partial charge in [0, 0.05) is 47.7 Å². The molecule has 0 bridgehead atoms. The Hall–Kier alpha value is -4.69. The number of hydrogen-bond acceptors (Lipinski definition) is 8. The van der Waals surface area contributed by atoms with E-state index in [0.717, 1.165) is 18.3 Å². The lowest BCUT2D eigenvalue weighted by Crippen LogP contribution is -2.28. The molecule has 0 unspecified atom stereocenters. The quantitative estimate of drug-likeness (QED) is 0.210. The number of aromatic nitrogens is 6. The number of carbonyl (C=O) groups is 2. The van der Waals surface area contributed by atoms with Gasteiger partial charge in [0.2, 0.25) is 11.9 Å². The van der Waals surface area contributed by atoms with Crippen LogP contribution in [-0.4, -0.2) is 53.7 Å². The van der Waals surface area contributed by atoms with Crippen molar-refractivity contribution in [1.82, 2.24) is 29.7 Å². The number of rotatable bonds is 9. The lowest BCUT2D eigenvalue weighted by atomic mass is 9.85. The fourth-order valence-corrected chi connectivity index (χ4v) is 5.40. The van der Waals surface area contributed by atoms with Crippen molar-refractivity contribution >= 4 is 35.1 Å². The predicted molar refractivity (Wildman–Crippen MR) is 166 cm³/mol. The van der Waals surface area contributed by atoms with Gasteiger partial charge < -0.3 is 10.1 Å². The van der Waals surface area contributed by atoms with Crippen LogP contribution >= 0.6 is 11.6 Å². The Labute approximate surface area is 272 Å². The van der Waals surface area contributed by atoms with Crippen LogP contribution in [0.25, 0.3) is 11.3 Å². The van der Waals surface area contributed by atoms with Crippen LogP contribution in [0.5, 0.6) is 0 Å². The largest absolute Gasteiger partial charge is 0.369 e. The van der Waals surface area contributed by atoms with Gasteiger partial charge >= 0.3 is 0 Å². The van der Waals surface area contributed by atoms with Crippen LogP contribution in [0.4, 0.5) is 24.8 Å². The van der Waals surface area contributed by atoms with Crippen LogP contribution in [0.2, 0.25) is 5.02 Å². The highest BCUT2D eigenvalue weighted by Gasteiger charge is 2.43. The molecule has 244 valence electrons. The Kier molecular flexibility index (Phi) is 8.57. The second-order valence-corrected chi connectivity index (χ2v) is 12.7. The summed E-state index contributed by atoms with van der Waals surface area (Å²) in [6.45, 7) is 7.71. The molecule has 11 nitrogen and oxygen atoms in total. The van der Waals surface area contributed by atoms with Crippen molar-refractivity contribution < 1.29 is 27.5 Å². The summed E-state index contributed by atoms with van der Waals surface area (Å²) in [5.74, 6) is -1.42. The Morgan fingerprint density at radius 3 is 2.49 bits per heavy atom. The zero-order valence-electron chi connectivity index (χ0n) is 25.8. The number of alkyl halides is 2. The van der Waals surface area contributed by atoms with Crippen molar-refractivity contribution in [2.24, 2.45) is 11.8 Å². The molecule has 2 aliphatic rings. The van der Waals surface area contributed by atoms with E-state index in [4.69, 9.17) is 16.3 Å². The molecule has 1 aromatic carbocycles. The zero-order chi connectivity index (χ0) is 33.6. The van der Waals surface area contributed by atoms with Crippen molar-refractivity contribution in [3.8, 4) is 11.3 Å². The third-order valence-electron chi connectivity index (χ3n) is 7.93. The smallest absolute Gasteiger partial charge is 0.276 e. The van der Waals surface area contributed by atoms with Crippen molar-refractivity contribution in [2.45, 2.75) is 52.4 Å². The third kappa shape index (κ3) is 6.47. The van der Waals surface area contributed by atoms with Crippen LogP contribution in [0.15, 0.2) is 55.3 Å². The molecule has 0 saturated carbocycles. The maximum absolute atomic E-state index is 15.1. The number of nitrogens with zero attached hydrogens (tertiary/aromatic N) is 7. The van der Waals surface area contributed by atoms with E-state index in [1.54, 1.807) is 28.2 Å². The standard InChI is InChI=1S/C32H30ClF3N8O3/c1-16(18-9-38-31(39-10-18)43-13-17-5-6-20(17)30(43)46)44-14-19(11-40-44)41-29(45)27-24(15-47-32(2,3)4)37-12-23(42-27)25-21(28(35)36)7-8-22(33)26(25)34/h5-12,14,16-17,20,28H,13,15H2,1-4H3,(H,41,45)/t16-,17+,20+/m0/s1. The van der Waals surface area contributed by atoms with E-state index < -0.39 is 34.9 Å². The van der Waals surface area contributed by atoms with E-state index >= 15 is 4.39 Å². The minimum atomic E-state index is -3.04. The Morgan fingerprint density at radius 1 is 1.13 bits per heavy atom. The molecule has 15 heteroatoms. The Balaban J connectivity index is 1.23. The Morgan fingerprint density at radius 2 is 1.87 bits per heavy atom. The molecule has 47 heavy (non-hydrogen) atoms. The number of nitrogens with one attached hydrogen (secondary N) is 1. The molecule has 0 radical (unpaired) electrons. The summed E-state index contributed by atoms with van der Waals surface area (Å²) in [5.41, 5.74) is -1.23. The number of amides is 2. The minimum Gasteiger partial charge on any atom is -0.369 e. The van der Waals surface area contributed by atoms with Gasteiger partial charge in [-0.3, -0.25) is 24.2 Å². The fraction of sp³-hybridized carbons (Fsp3) is 0.344. The maximum atomic E-state index is 15.1. The Bertz CT molecular complexity index is 1880. The number of fused-ring (bicyclic) bond motifs is 1. The summed E-state index contributed by atoms with van der Waals surface area (Å²) in [5, 5.41) is 6.67. The molecule has 1 N–H and O–H groups in total. The first-order valence-corrected chi connectivity index (χ1v) is 15.1. The van der Waals surface area contributed by atoms with Gasteiger partial charge in [0.05, 0.1) is 58.7 Å². The fourth-order valence-electron chi connectivity index (χ4n) is 5.24. The number of hydrogen-bond donors (Lipinski definition) is 1. The van der Waals surface area contributed by atoms with Gasteiger partial charge in [0.25, 0.3) is 12.3 Å². The molecule has 0 spiro atoms. The van der Waals surface area contributed by atoms with Gasteiger partial charge in [-0.1, -0.05) is 29.8 Å². The maximum Gasteiger partial charge on any atom is 0.276 e. The second-order valence-electron chi connectivity index (χ2n) is 12.3. The lowest BCUT2D eigenvalue weighted by Gasteiger charge is -2.20. The number of carbonyl (C=O) groups excluding carboxylic acids is 2. The van der Waals surface area contributed by atoms with Gasteiger partial charge in [0.15, 0.2) is 11.5 Å². The molecule has 1 fully saturated rings. The first-order chi connectivity index (χ1) is 22.3. The third-order valence-corrected chi connectivity index (χ3v) is 8.23. The summed E-state index contributed by atoms with van der Waals surface area (Å²) in [7, 11) is 0. The van der Waals surface area contributed by atoms with E-state index in [2.05, 4.69) is 30.4 Å².